The van der Waals surface area contributed by atoms with Crippen molar-refractivity contribution < 1.29 is 9.18 Å². The lowest BCUT2D eigenvalue weighted by atomic mass is 10.2. The number of aryl methyl sites for hydroxylation is 1. The summed E-state index contributed by atoms with van der Waals surface area (Å²) in [6, 6.07) is 18.7. The number of amides is 1. The Morgan fingerprint density at radius 2 is 1.85 bits per heavy atom. The van der Waals surface area contributed by atoms with Crippen molar-refractivity contribution in [2.45, 2.75) is 24.4 Å². The molecule has 33 heavy (non-hydrogen) atoms. The van der Waals surface area contributed by atoms with Crippen molar-refractivity contribution in [1.29, 1.82) is 0 Å². The topological polar surface area (TPSA) is 59.8 Å². The average Bonchev–Trinajstić information content (AvgIpc) is 3.20. The van der Waals surface area contributed by atoms with E-state index >= 15 is 0 Å². The summed E-state index contributed by atoms with van der Waals surface area (Å²) < 4.78 is 14.9. The van der Waals surface area contributed by atoms with Crippen LogP contribution in [0, 0.1) is 12.7 Å². The molecule has 0 radical (unpaired) electrons. The van der Waals surface area contributed by atoms with Gasteiger partial charge in [-0.3, -0.25) is 9.36 Å². The van der Waals surface area contributed by atoms with Gasteiger partial charge in [0.1, 0.15) is 5.82 Å². The molecule has 0 spiro atoms. The van der Waals surface area contributed by atoms with E-state index in [1.165, 1.54) is 41.6 Å². The number of rotatable bonds is 7. The van der Waals surface area contributed by atoms with E-state index in [1.54, 1.807) is 22.8 Å². The van der Waals surface area contributed by atoms with E-state index in [-0.39, 0.29) is 12.5 Å². The number of nitrogens with one attached hydrogen (secondary N) is 1. The Kier molecular flexibility index (Phi) is 7.33. The van der Waals surface area contributed by atoms with Crippen molar-refractivity contribution in [3.05, 3.63) is 105 Å². The van der Waals surface area contributed by atoms with Gasteiger partial charge < -0.3 is 5.32 Å². The van der Waals surface area contributed by atoms with E-state index in [0.717, 1.165) is 5.56 Å². The predicted molar refractivity (Wildman–Crippen MR) is 130 cm³/mol. The van der Waals surface area contributed by atoms with Crippen LogP contribution < -0.4 is 5.32 Å². The van der Waals surface area contributed by atoms with E-state index in [2.05, 4.69) is 27.6 Å². The summed E-state index contributed by atoms with van der Waals surface area (Å²) in [5, 5.41) is 13.0. The van der Waals surface area contributed by atoms with Gasteiger partial charge in [0.25, 0.3) is 5.91 Å². The molecule has 1 N–H and O–H groups in total. The lowest BCUT2D eigenvalue weighted by Crippen LogP contribution is -2.24. The summed E-state index contributed by atoms with van der Waals surface area (Å²) in [7, 11) is 0. The van der Waals surface area contributed by atoms with Gasteiger partial charge in [0, 0.05) is 16.3 Å². The normalized spacial score (nSPS) is 10.9. The molecule has 0 bridgehead atoms. The van der Waals surface area contributed by atoms with E-state index in [0.29, 0.717) is 38.0 Å². The van der Waals surface area contributed by atoms with Crippen LogP contribution in [0.3, 0.4) is 0 Å². The molecule has 1 heterocycles. The second-order valence-corrected chi connectivity index (χ2v) is 9.08. The third-order valence-corrected chi connectivity index (χ3v) is 6.37. The van der Waals surface area contributed by atoms with Gasteiger partial charge >= 0.3 is 0 Å². The number of thioether (sulfide) groups is 1. The SMILES string of the molecule is Cc1cccc(CSc2nnc(CNC(=O)c3ccc(F)cc3)n2-c2cc(Cl)ccc2Cl)c1. The summed E-state index contributed by atoms with van der Waals surface area (Å²) in [6.45, 7) is 2.14. The third-order valence-electron chi connectivity index (χ3n) is 4.81. The molecule has 4 rings (SSSR count). The van der Waals surface area contributed by atoms with Crippen LogP contribution in [0.5, 0.6) is 0 Å². The van der Waals surface area contributed by atoms with E-state index in [1.807, 2.05) is 19.1 Å². The molecule has 9 heteroatoms. The zero-order valence-electron chi connectivity index (χ0n) is 17.6. The minimum Gasteiger partial charge on any atom is -0.345 e. The monoisotopic (exact) mass is 500 g/mol. The summed E-state index contributed by atoms with van der Waals surface area (Å²) in [5.41, 5.74) is 3.29. The van der Waals surface area contributed by atoms with Crippen LogP contribution in [0.2, 0.25) is 10.0 Å². The average molecular weight is 501 g/mol. The van der Waals surface area contributed by atoms with Crippen molar-refractivity contribution >= 4 is 40.9 Å². The lowest BCUT2D eigenvalue weighted by molar-refractivity contribution is 0.0949. The molecule has 1 amide bonds. The molecule has 0 saturated heterocycles. The van der Waals surface area contributed by atoms with Gasteiger partial charge in [-0.15, -0.1) is 10.2 Å². The number of hydrogen-bond acceptors (Lipinski definition) is 4. The number of carbonyl (C=O) groups is 1. The molecule has 168 valence electrons. The molecular weight excluding hydrogens is 482 g/mol. The molecule has 5 nitrogen and oxygen atoms in total. The summed E-state index contributed by atoms with van der Waals surface area (Å²) >= 11 is 14.2. The summed E-state index contributed by atoms with van der Waals surface area (Å²) in [5.74, 6) is 0.411. The van der Waals surface area contributed by atoms with Crippen LogP contribution in [0.4, 0.5) is 4.39 Å². The van der Waals surface area contributed by atoms with E-state index < -0.39 is 5.82 Å². The maximum atomic E-state index is 13.2. The molecule has 0 saturated carbocycles. The number of aromatic nitrogens is 3. The molecule has 0 unspecified atom stereocenters. The van der Waals surface area contributed by atoms with E-state index in [9.17, 15) is 9.18 Å². The highest BCUT2D eigenvalue weighted by molar-refractivity contribution is 7.98. The van der Waals surface area contributed by atoms with Crippen molar-refractivity contribution in [2.24, 2.45) is 0 Å². The number of hydrogen-bond donors (Lipinski definition) is 1. The van der Waals surface area contributed by atoms with Crippen molar-refractivity contribution in [3.63, 3.8) is 0 Å². The highest BCUT2D eigenvalue weighted by Crippen LogP contribution is 2.31. The van der Waals surface area contributed by atoms with Gasteiger partial charge in [-0.05, 0) is 55.0 Å². The van der Waals surface area contributed by atoms with Crippen LogP contribution in [0.25, 0.3) is 5.69 Å². The van der Waals surface area contributed by atoms with Crippen LogP contribution in [-0.4, -0.2) is 20.7 Å². The minimum atomic E-state index is -0.405. The molecule has 0 aliphatic carbocycles. The Balaban J connectivity index is 1.61. The highest BCUT2D eigenvalue weighted by Gasteiger charge is 2.18. The van der Waals surface area contributed by atoms with Crippen LogP contribution in [0.1, 0.15) is 27.3 Å². The lowest BCUT2D eigenvalue weighted by Gasteiger charge is -2.13. The Labute approximate surface area is 204 Å². The van der Waals surface area contributed by atoms with Gasteiger partial charge in [-0.1, -0.05) is 64.8 Å². The number of carbonyl (C=O) groups excluding carboxylic acids is 1. The Morgan fingerprint density at radius 3 is 2.61 bits per heavy atom. The smallest absolute Gasteiger partial charge is 0.251 e. The molecule has 4 aromatic rings. The first-order valence-corrected chi connectivity index (χ1v) is 11.8. The van der Waals surface area contributed by atoms with Crippen molar-refractivity contribution in [1.82, 2.24) is 20.1 Å². The zero-order valence-corrected chi connectivity index (χ0v) is 19.9. The molecule has 0 aliphatic heterocycles. The fourth-order valence-electron chi connectivity index (χ4n) is 3.22. The van der Waals surface area contributed by atoms with Crippen LogP contribution in [0.15, 0.2) is 71.9 Å². The molecule has 1 aromatic heterocycles. The molecule has 0 fully saturated rings. The Bertz CT molecular complexity index is 1290. The van der Waals surface area contributed by atoms with Gasteiger partial charge in [0.05, 0.1) is 17.3 Å². The molecular formula is C24H19Cl2FN4OS. The van der Waals surface area contributed by atoms with Crippen LogP contribution in [-0.2, 0) is 12.3 Å². The van der Waals surface area contributed by atoms with Gasteiger partial charge in [0.2, 0.25) is 0 Å². The summed E-state index contributed by atoms with van der Waals surface area (Å²) in [4.78, 5) is 12.5. The third kappa shape index (κ3) is 5.74. The quantitative estimate of drug-likeness (QED) is 0.305. The first kappa shape index (κ1) is 23.3. The minimum absolute atomic E-state index is 0.0943. The van der Waals surface area contributed by atoms with Crippen LogP contribution >= 0.6 is 35.0 Å². The first-order chi connectivity index (χ1) is 15.9. The first-order valence-electron chi connectivity index (χ1n) is 10.0. The van der Waals surface area contributed by atoms with Crippen molar-refractivity contribution in [2.75, 3.05) is 0 Å². The Hall–Kier alpha value is -2.87. The number of halogens is 3. The summed E-state index contributed by atoms with van der Waals surface area (Å²) in [6.07, 6.45) is 0. The largest absolute Gasteiger partial charge is 0.345 e. The maximum Gasteiger partial charge on any atom is 0.251 e. The van der Waals surface area contributed by atoms with Crippen molar-refractivity contribution in [3.8, 4) is 5.69 Å². The van der Waals surface area contributed by atoms with Gasteiger partial charge in [-0.2, -0.15) is 0 Å². The second kappa shape index (κ2) is 10.4. The number of nitrogens with zero attached hydrogens (tertiary/aromatic N) is 3. The molecule has 0 atom stereocenters. The fourth-order valence-corrected chi connectivity index (χ4v) is 4.50. The molecule has 0 aliphatic rings. The predicted octanol–water partition coefficient (Wildman–Crippen LogP) is 6.24. The standard InChI is InChI=1S/C24H19Cl2FN4OS/c1-15-3-2-4-16(11-15)14-33-24-30-29-22(31(24)21-12-18(25)7-10-20(21)26)13-28-23(32)17-5-8-19(27)9-6-17/h2-12H,13-14H2,1H3,(H,28,32). The highest BCUT2D eigenvalue weighted by atomic mass is 35.5. The van der Waals surface area contributed by atoms with E-state index in [4.69, 9.17) is 23.2 Å². The Morgan fingerprint density at radius 1 is 1.06 bits per heavy atom. The van der Waals surface area contributed by atoms with Gasteiger partial charge in [-0.25, -0.2) is 4.39 Å². The zero-order chi connectivity index (χ0) is 23.4. The van der Waals surface area contributed by atoms with Gasteiger partial charge in [0.15, 0.2) is 11.0 Å². The number of benzene rings is 3. The second-order valence-electron chi connectivity index (χ2n) is 7.30. The maximum absolute atomic E-state index is 13.2. The fraction of sp³-hybridized carbons (Fsp3) is 0.125. The molecule has 3 aromatic carbocycles.